The number of nitrogens with one attached hydrogen (secondary N) is 1. The lowest BCUT2D eigenvalue weighted by atomic mass is 9.68. The molecule has 1 aromatic rings. The molecule has 0 fully saturated rings. The van der Waals surface area contributed by atoms with Crippen LogP contribution in [-0.4, -0.2) is 30.6 Å². The summed E-state index contributed by atoms with van der Waals surface area (Å²) >= 11 is 0. The molecule has 0 saturated carbocycles. The summed E-state index contributed by atoms with van der Waals surface area (Å²) in [5.74, 6) is -2.66. The molecule has 148 valence electrons. The molecule has 1 amide bonds. The highest BCUT2D eigenvalue weighted by Gasteiger charge is 2.59. The van der Waals surface area contributed by atoms with Crippen LogP contribution in [0.4, 0.5) is 5.69 Å². The van der Waals surface area contributed by atoms with Gasteiger partial charge in [0, 0.05) is 16.8 Å². The fourth-order valence-electron chi connectivity index (χ4n) is 3.58. The summed E-state index contributed by atoms with van der Waals surface area (Å²) in [5.41, 5.74) is 5.45. The molecular formula is C20H22N2O6. The van der Waals surface area contributed by atoms with Crippen molar-refractivity contribution in [3.8, 4) is 0 Å². The van der Waals surface area contributed by atoms with Gasteiger partial charge < -0.3 is 25.3 Å². The Morgan fingerprint density at radius 2 is 1.93 bits per heavy atom. The van der Waals surface area contributed by atoms with E-state index in [0.717, 1.165) is 0 Å². The monoisotopic (exact) mass is 386 g/mol. The minimum atomic E-state index is -1.64. The van der Waals surface area contributed by atoms with Crippen molar-refractivity contribution in [2.75, 3.05) is 11.9 Å². The van der Waals surface area contributed by atoms with Crippen molar-refractivity contribution in [1.29, 1.82) is 0 Å². The maximum absolute atomic E-state index is 13.2. The molecule has 1 atom stereocenters. The predicted molar refractivity (Wildman–Crippen MR) is 99.6 cm³/mol. The SMILES string of the molecule is CCOC(=O)C1=C(N)OC(C(=O)OC(C)C)=C(C)C12C(=O)Nc1ccccc12. The fourth-order valence-corrected chi connectivity index (χ4v) is 3.58. The van der Waals surface area contributed by atoms with Gasteiger partial charge in [-0.1, -0.05) is 18.2 Å². The zero-order chi connectivity index (χ0) is 20.6. The molecule has 3 N–H and O–H groups in total. The first-order valence-corrected chi connectivity index (χ1v) is 8.93. The van der Waals surface area contributed by atoms with Crippen LogP contribution in [0, 0.1) is 0 Å². The second-order valence-electron chi connectivity index (χ2n) is 6.72. The van der Waals surface area contributed by atoms with Gasteiger partial charge in [-0.2, -0.15) is 0 Å². The molecule has 1 spiro atoms. The minimum Gasteiger partial charge on any atom is -0.462 e. The van der Waals surface area contributed by atoms with Crippen molar-refractivity contribution >= 4 is 23.5 Å². The zero-order valence-electron chi connectivity index (χ0n) is 16.1. The van der Waals surface area contributed by atoms with Gasteiger partial charge in [-0.15, -0.1) is 0 Å². The standard InChI is InChI=1S/C20H22N2O6/c1-5-26-17(23)14-16(21)28-15(18(24)27-10(2)3)11(4)20(14)12-8-6-7-9-13(12)22-19(20)25/h6-10H,5,21H2,1-4H3,(H,22,25). The molecule has 0 aliphatic carbocycles. The van der Waals surface area contributed by atoms with E-state index in [-0.39, 0.29) is 29.4 Å². The number of carbonyl (C=O) groups is 3. The number of fused-ring (bicyclic) bond motifs is 2. The highest BCUT2D eigenvalue weighted by molar-refractivity contribution is 6.17. The van der Waals surface area contributed by atoms with E-state index in [4.69, 9.17) is 19.9 Å². The van der Waals surface area contributed by atoms with Crippen LogP contribution >= 0.6 is 0 Å². The van der Waals surface area contributed by atoms with E-state index in [1.165, 1.54) is 0 Å². The topological polar surface area (TPSA) is 117 Å². The first kappa shape index (κ1) is 19.5. The van der Waals surface area contributed by atoms with Crippen LogP contribution in [0.25, 0.3) is 0 Å². The first-order chi connectivity index (χ1) is 13.2. The molecule has 2 aliphatic rings. The molecule has 28 heavy (non-hydrogen) atoms. The zero-order valence-corrected chi connectivity index (χ0v) is 16.1. The molecule has 8 heteroatoms. The van der Waals surface area contributed by atoms with Gasteiger partial charge >= 0.3 is 11.9 Å². The number of ether oxygens (including phenoxy) is 3. The lowest BCUT2D eigenvalue weighted by molar-refractivity contribution is -0.147. The molecule has 2 heterocycles. The normalized spacial score (nSPS) is 20.8. The van der Waals surface area contributed by atoms with Gasteiger partial charge in [0.1, 0.15) is 11.0 Å². The van der Waals surface area contributed by atoms with Gasteiger partial charge in [0.05, 0.1) is 12.7 Å². The predicted octanol–water partition coefficient (Wildman–Crippen LogP) is 1.87. The lowest BCUT2D eigenvalue weighted by Gasteiger charge is -2.35. The average molecular weight is 386 g/mol. The van der Waals surface area contributed by atoms with Gasteiger partial charge in [-0.25, -0.2) is 9.59 Å². The van der Waals surface area contributed by atoms with Crippen molar-refractivity contribution in [3.63, 3.8) is 0 Å². The highest BCUT2D eigenvalue weighted by atomic mass is 16.6. The van der Waals surface area contributed by atoms with Gasteiger partial charge in [0.25, 0.3) is 0 Å². The third kappa shape index (κ3) is 2.72. The number of carbonyl (C=O) groups excluding carboxylic acids is 3. The van der Waals surface area contributed by atoms with E-state index in [1.54, 1.807) is 52.0 Å². The largest absolute Gasteiger partial charge is 0.462 e. The van der Waals surface area contributed by atoms with E-state index in [2.05, 4.69) is 5.32 Å². The quantitative estimate of drug-likeness (QED) is 0.759. The Balaban J connectivity index is 2.30. The van der Waals surface area contributed by atoms with Crippen LogP contribution in [0.1, 0.15) is 33.3 Å². The Bertz CT molecular complexity index is 930. The Labute approximate surface area is 162 Å². The van der Waals surface area contributed by atoms with Crippen molar-refractivity contribution in [3.05, 3.63) is 52.6 Å². The number of amides is 1. The van der Waals surface area contributed by atoms with Crippen LogP contribution in [-0.2, 0) is 34.0 Å². The third-order valence-electron chi connectivity index (χ3n) is 4.66. The molecule has 1 aromatic carbocycles. The van der Waals surface area contributed by atoms with Gasteiger partial charge in [-0.05, 0) is 33.8 Å². The van der Waals surface area contributed by atoms with Gasteiger partial charge in [-0.3, -0.25) is 4.79 Å². The Morgan fingerprint density at radius 1 is 1.25 bits per heavy atom. The third-order valence-corrected chi connectivity index (χ3v) is 4.66. The van der Waals surface area contributed by atoms with Crippen molar-refractivity contribution in [2.45, 2.75) is 39.2 Å². The first-order valence-electron chi connectivity index (χ1n) is 8.93. The molecule has 2 aliphatic heterocycles. The summed E-state index contributed by atoms with van der Waals surface area (Å²) in [6.07, 6.45) is -0.409. The molecule has 0 radical (unpaired) electrons. The van der Waals surface area contributed by atoms with Crippen molar-refractivity contribution < 1.29 is 28.6 Å². The average Bonchev–Trinajstić information content (AvgIpc) is 2.91. The Hall–Kier alpha value is -3.29. The van der Waals surface area contributed by atoms with Crippen LogP contribution < -0.4 is 11.1 Å². The summed E-state index contributed by atoms with van der Waals surface area (Å²) in [4.78, 5) is 38.6. The van der Waals surface area contributed by atoms with Crippen molar-refractivity contribution in [1.82, 2.24) is 0 Å². The lowest BCUT2D eigenvalue weighted by Crippen LogP contribution is -2.46. The number of nitrogens with two attached hydrogens (primary N) is 1. The maximum atomic E-state index is 13.2. The maximum Gasteiger partial charge on any atom is 0.374 e. The molecule has 0 aromatic heterocycles. The highest BCUT2D eigenvalue weighted by Crippen LogP contribution is 2.52. The van der Waals surface area contributed by atoms with Crippen LogP contribution in [0.5, 0.6) is 0 Å². The number of anilines is 1. The van der Waals surface area contributed by atoms with E-state index in [9.17, 15) is 14.4 Å². The minimum absolute atomic E-state index is 0.0833. The molecule has 8 nitrogen and oxygen atoms in total. The molecular weight excluding hydrogens is 364 g/mol. The Kier molecular flexibility index (Phi) is 4.89. The van der Waals surface area contributed by atoms with Gasteiger partial charge in [0.2, 0.25) is 17.5 Å². The number of benzene rings is 1. The van der Waals surface area contributed by atoms with E-state index >= 15 is 0 Å². The summed E-state index contributed by atoms with van der Waals surface area (Å²) in [6.45, 7) is 6.65. The molecule has 3 rings (SSSR count). The number of esters is 2. The van der Waals surface area contributed by atoms with Crippen LogP contribution in [0.15, 0.2) is 47.1 Å². The van der Waals surface area contributed by atoms with Crippen LogP contribution in [0.3, 0.4) is 0 Å². The van der Waals surface area contributed by atoms with Gasteiger partial charge in [0.15, 0.2) is 0 Å². The Morgan fingerprint density at radius 3 is 2.57 bits per heavy atom. The number of para-hydroxylation sites is 1. The molecule has 1 unspecified atom stereocenters. The number of rotatable bonds is 4. The fraction of sp³-hybridized carbons (Fsp3) is 0.350. The number of hydrogen-bond acceptors (Lipinski definition) is 7. The second-order valence-corrected chi connectivity index (χ2v) is 6.72. The van der Waals surface area contributed by atoms with Crippen LogP contribution in [0.2, 0.25) is 0 Å². The second kappa shape index (κ2) is 7.03. The smallest absolute Gasteiger partial charge is 0.374 e. The number of hydrogen-bond donors (Lipinski definition) is 2. The van der Waals surface area contributed by atoms with E-state index in [0.29, 0.717) is 11.3 Å². The summed E-state index contributed by atoms with van der Waals surface area (Å²) in [5, 5.41) is 2.76. The summed E-state index contributed by atoms with van der Waals surface area (Å²) < 4.78 is 15.8. The molecule has 0 bridgehead atoms. The molecule has 0 saturated heterocycles. The van der Waals surface area contributed by atoms with E-state index < -0.39 is 29.4 Å². The summed E-state index contributed by atoms with van der Waals surface area (Å²) in [7, 11) is 0. The summed E-state index contributed by atoms with van der Waals surface area (Å²) in [6, 6.07) is 6.88. The van der Waals surface area contributed by atoms with Crippen molar-refractivity contribution in [2.24, 2.45) is 5.73 Å². The van der Waals surface area contributed by atoms with E-state index in [1.807, 2.05) is 0 Å².